The van der Waals surface area contributed by atoms with Crippen LogP contribution in [0.4, 0.5) is 0 Å². The minimum atomic E-state index is -0.108. The summed E-state index contributed by atoms with van der Waals surface area (Å²) in [7, 11) is 2.12. The van der Waals surface area contributed by atoms with Crippen molar-refractivity contribution >= 4 is 17.6 Å². The quantitative estimate of drug-likeness (QED) is 0.799. The Hall–Kier alpha value is -1.06. The summed E-state index contributed by atoms with van der Waals surface area (Å²) in [5.41, 5.74) is 1.09. The van der Waals surface area contributed by atoms with Gasteiger partial charge in [-0.15, -0.1) is 0 Å². The number of carbonyl (C=O) groups excluding carboxylic acids is 1. The summed E-state index contributed by atoms with van der Waals surface area (Å²) in [5.74, 6) is -0.105. The average Bonchev–Trinajstić information content (AvgIpc) is 2.43. The summed E-state index contributed by atoms with van der Waals surface area (Å²) < 4.78 is 5.16. The third-order valence-corrected chi connectivity index (χ3v) is 4.44. The van der Waals surface area contributed by atoms with Gasteiger partial charge in [0, 0.05) is 10.4 Å². The van der Waals surface area contributed by atoms with E-state index in [4.69, 9.17) is 16.3 Å². The van der Waals surface area contributed by atoms with Gasteiger partial charge in [0.1, 0.15) is 0 Å². The highest BCUT2D eigenvalue weighted by Gasteiger charge is 2.37. The maximum atomic E-state index is 12.0. The molecule has 0 atom stereocenters. The van der Waals surface area contributed by atoms with Crippen LogP contribution in [0.25, 0.3) is 0 Å². The largest absolute Gasteiger partial charge is 0.466 e. The van der Waals surface area contributed by atoms with Crippen LogP contribution in [0.1, 0.15) is 31.7 Å². The minimum Gasteiger partial charge on any atom is -0.466 e. The lowest BCUT2D eigenvalue weighted by atomic mass is 9.70. The lowest BCUT2D eigenvalue weighted by molar-refractivity contribution is -0.145. The number of carbonyl (C=O) groups is 1. The predicted molar refractivity (Wildman–Crippen MR) is 81.1 cm³/mol. The first-order chi connectivity index (χ1) is 9.55. The molecule has 1 aliphatic rings. The monoisotopic (exact) mass is 295 g/mol. The van der Waals surface area contributed by atoms with Crippen molar-refractivity contribution in [2.75, 3.05) is 26.7 Å². The van der Waals surface area contributed by atoms with Crippen LogP contribution in [0.15, 0.2) is 24.3 Å². The molecule has 1 heterocycles. The Morgan fingerprint density at radius 3 is 2.45 bits per heavy atom. The van der Waals surface area contributed by atoms with Crippen molar-refractivity contribution in [3.05, 3.63) is 34.9 Å². The maximum absolute atomic E-state index is 12.0. The summed E-state index contributed by atoms with van der Waals surface area (Å²) in [6.45, 7) is 4.29. The minimum absolute atomic E-state index is 0.105. The Kier molecular flexibility index (Phi) is 5.06. The molecule has 0 radical (unpaired) electrons. The Morgan fingerprint density at radius 1 is 1.30 bits per heavy atom. The van der Waals surface area contributed by atoms with Crippen molar-refractivity contribution in [1.82, 2.24) is 4.90 Å². The summed E-state index contributed by atoms with van der Waals surface area (Å²) in [5, 5.41) is 0.730. The van der Waals surface area contributed by atoms with E-state index in [2.05, 4.69) is 11.9 Å². The standard InChI is InChI=1S/C16H22ClNO2/c1-3-20-15(19)12-16(8-10-18(2)11-9-16)13-4-6-14(17)7-5-13/h4-7H,3,8-12H2,1-2H3. The second-order valence-electron chi connectivity index (χ2n) is 5.57. The number of likely N-dealkylation sites (tertiary alicyclic amines) is 1. The summed E-state index contributed by atoms with van der Waals surface area (Å²) in [4.78, 5) is 14.3. The SMILES string of the molecule is CCOC(=O)CC1(c2ccc(Cl)cc2)CCN(C)CC1. The van der Waals surface area contributed by atoms with Crippen molar-refractivity contribution in [2.45, 2.75) is 31.6 Å². The molecule has 110 valence electrons. The van der Waals surface area contributed by atoms with E-state index in [0.717, 1.165) is 31.0 Å². The molecule has 1 saturated heterocycles. The van der Waals surface area contributed by atoms with Crippen LogP contribution in [0.2, 0.25) is 5.02 Å². The summed E-state index contributed by atoms with van der Waals surface area (Å²) in [6.07, 6.45) is 2.41. The number of ether oxygens (including phenoxy) is 1. The van der Waals surface area contributed by atoms with Crippen molar-refractivity contribution in [2.24, 2.45) is 0 Å². The number of hydrogen-bond acceptors (Lipinski definition) is 3. The molecule has 1 fully saturated rings. The van der Waals surface area contributed by atoms with E-state index in [0.29, 0.717) is 13.0 Å². The van der Waals surface area contributed by atoms with Crippen LogP contribution < -0.4 is 0 Å². The topological polar surface area (TPSA) is 29.5 Å². The van der Waals surface area contributed by atoms with Gasteiger partial charge in [0.05, 0.1) is 13.0 Å². The van der Waals surface area contributed by atoms with Gasteiger partial charge >= 0.3 is 5.97 Å². The number of nitrogens with zero attached hydrogens (tertiary/aromatic N) is 1. The fourth-order valence-corrected chi connectivity index (χ4v) is 3.03. The van der Waals surface area contributed by atoms with Gasteiger partial charge in [-0.1, -0.05) is 23.7 Å². The zero-order valence-corrected chi connectivity index (χ0v) is 12.9. The number of esters is 1. The van der Waals surface area contributed by atoms with Crippen LogP contribution in [-0.2, 0) is 14.9 Å². The molecule has 3 nitrogen and oxygen atoms in total. The van der Waals surface area contributed by atoms with Crippen molar-refractivity contribution in [3.63, 3.8) is 0 Å². The second-order valence-corrected chi connectivity index (χ2v) is 6.01. The van der Waals surface area contributed by atoms with Gasteiger partial charge < -0.3 is 9.64 Å². The Bertz CT molecular complexity index is 450. The normalized spacial score (nSPS) is 18.8. The van der Waals surface area contributed by atoms with Crippen LogP contribution >= 0.6 is 11.6 Å². The lowest BCUT2D eigenvalue weighted by Crippen LogP contribution is -2.42. The highest BCUT2D eigenvalue weighted by molar-refractivity contribution is 6.30. The molecular formula is C16H22ClNO2. The number of rotatable bonds is 4. The van der Waals surface area contributed by atoms with E-state index in [-0.39, 0.29) is 11.4 Å². The van der Waals surface area contributed by atoms with Gasteiger partial charge in [-0.25, -0.2) is 0 Å². The van der Waals surface area contributed by atoms with Gasteiger partial charge in [-0.05, 0) is 57.6 Å². The molecule has 0 bridgehead atoms. The van der Waals surface area contributed by atoms with E-state index in [1.807, 2.05) is 31.2 Å². The molecule has 0 unspecified atom stereocenters. The van der Waals surface area contributed by atoms with Gasteiger partial charge in [-0.3, -0.25) is 4.79 Å². The maximum Gasteiger partial charge on any atom is 0.306 e. The zero-order chi connectivity index (χ0) is 14.6. The molecule has 4 heteroatoms. The molecule has 2 rings (SSSR count). The molecule has 1 aliphatic heterocycles. The summed E-state index contributed by atoms with van der Waals surface area (Å²) in [6, 6.07) is 7.91. The van der Waals surface area contributed by atoms with Crippen LogP contribution in [-0.4, -0.2) is 37.6 Å². The number of benzene rings is 1. The van der Waals surface area contributed by atoms with E-state index in [1.165, 1.54) is 5.56 Å². The molecule has 0 aromatic heterocycles. The molecule has 0 N–H and O–H groups in total. The van der Waals surface area contributed by atoms with Crippen LogP contribution in [0.3, 0.4) is 0 Å². The Labute approximate surface area is 125 Å². The van der Waals surface area contributed by atoms with E-state index >= 15 is 0 Å². The highest BCUT2D eigenvalue weighted by Crippen LogP contribution is 2.39. The number of piperidine rings is 1. The van der Waals surface area contributed by atoms with Gasteiger partial charge in [0.25, 0.3) is 0 Å². The Morgan fingerprint density at radius 2 is 1.90 bits per heavy atom. The first-order valence-corrected chi connectivity index (χ1v) is 7.54. The van der Waals surface area contributed by atoms with Crippen LogP contribution in [0, 0.1) is 0 Å². The second kappa shape index (κ2) is 6.59. The first-order valence-electron chi connectivity index (χ1n) is 7.16. The predicted octanol–water partition coefficient (Wildman–Crippen LogP) is 3.26. The molecule has 20 heavy (non-hydrogen) atoms. The highest BCUT2D eigenvalue weighted by atomic mass is 35.5. The van der Waals surface area contributed by atoms with E-state index < -0.39 is 0 Å². The molecule has 0 aliphatic carbocycles. The molecular weight excluding hydrogens is 274 g/mol. The first kappa shape index (κ1) is 15.3. The molecule has 0 amide bonds. The van der Waals surface area contributed by atoms with Crippen molar-refractivity contribution < 1.29 is 9.53 Å². The van der Waals surface area contributed by atoms with Crippen LogP contribution in [0.5, 0.6) is 0 Å². The average molecular weight is 296 g/mol. The Balaban J connectivity index is 2.24. The van der Waals surface area contributed by atoms with Gasteiger partial charge in [-0.2, -0.15) is 0 Å². The van der Waals surface area contributed by atoms with E-state index in [9.17, 15) is 4.79 Å². The summed E-state index contributed by atoms with van der Waals surface area (Å²) >= 11 is 5.97. The van der Waals surface area contributed by atoms with Crippen molar-refractivity contribution in [3.8, 4) is 0 Å². The lowest BCUT2D eigenvalue weighted by Gasteiger charge is -2.40. The third kappa shape index (κ3) is 3.53. The molecule has 1 aromatic carbocycles. The van der Waals surface area contributed by atoms with Gasteiger partial charge in [0.2, 0.25) is 0 Å². The third-order valence-electron chi connectivity index (χ3n) is 4.19. The molecule has 0 saturated carbocycles. The number of halogens is 1. The molecule has 0 spiro atoms. The smallest absolute Gasteiger partial charge is 0.306 e. The number of hydrogen-bond donors (Lipinski definition) is 0. The van der Waals surface area contributed by atoms with Gasteiger partial charge in [0.15, 0.2) is 0 Å². The zero-order valence-electron chi connectivity index (χ0n) is 12.2. The van der Waals surface area contributed by atoms with E-state index in [1.54, 1.807) is 0 Å². The molecule has 1 aromatic rings. The fourth-order valence-electron chi connectivity index (χ4n) is 2.91. The fraction of sp³-hybridized carbons (Fsp3) is 0.562. The van der Waals surface area contributed by atoms with Crippen molar-refractivity contribution in [1.29, 1.82) is 0 Å².